The number of rotatable bonds is 5. The summed E-state index contributed by atoms with van der Waals surface area (Å²) in [6, 6.07) is 21.8. The molecule has 0 radical (unpaired) electrons. The molecule has 3 aromatic carbocycles. The van der Waals surface area contributed by atoms with E-state index in [2.05, 4.69) is 30.4 Å². The summed E-state index contributed by atoms with van der Waals surface area (Å²) in [5, 5.41) is 2.92. The molecule has 0 unspecified atom stereocenters. The smallest absolute Gasteiger partial charge is 0.322 e. The van der Waals surface area contributed by atoms with Crippen LogP contribution >= 0.6 is 0 Å². The molecule has 6 heteroatoms. The predicted molar refractivity (Wildman–Crippen MR) is 121 cm³/mol. The van der Waals surface area contributed by atoms with E-state index in [1.807, 2.05) is 12.1 Å². The van der Waals surface area contributed by atoms with Crippen LogP contribution in [-0.2, 0) is 0 Å². The molecule has 1 aliphatic rings. The lowest BCUT2D eigenvalue weighted by Crippen LogP contribution is -2.33. The fraction of sp³-hybridized carbons (Fsp3) is 0.120. The number of amides is 3. The number of urea groups is 1. The van der Waals surface area contributed by atoms with Crippen LogP contribution in [0.2, 0.25) is 0 Å². The number of nitrogens with one attached hydrogen (secondary N) is 1. The first-order valence-electron chi connectivity index (χ1n) is 9.99. The van der Waals surface area contributed by atoms with Crippen LogP contribution in [0.15, 0.2) is 78.9 Å². The topological polar surface area (TPSA) is 84.7 Å². The molecule has 3 amide bonds. The molecule has 1 aliphatic heterocycles. The number of ether oxygens (including phenoxy) is 1. The Labute approximate surface area is 180 Å². The Morgan fingerprint density at radius 3 is 2.42 bits per heavy atom. The highest BCUT2D eigenvalue weighted by Crippen LogP contribution is 2.27. The Hall–Kier alpha value is -4.06. The highest BCUT2D eigenvalue weighted by Gasteiger charge is 2.21. The van der Waals surface area contributed by atoms with E-state index in [1.165, 1.54) is 11.1 Å². The van der Waals surface area contributed by atoms with Crippen molar-refractivity contribution in [3.05, 3.63) is 95.6 Å². The Morgan fingerprint density at radius 2 is 1.68 bits per heavy atom. The third-order valence-corrected chi connectivity index (χ3v) is 5.18. The van der Waals surface area contributed by atoms with Crippen molar-refractivity contribution in [3.8, 4) is 11.5 Å². The number of anilines is 1. The van der Waals surface area contributed by atoms with Gasteiger partial charge in [0.2, 0.25) is 0 Å². The van der Waals surface area contributed by atoms with Crippen molar-refractivity contribution in [2.75, 3.05) is 18.4 Å². The number of para-hydroxylation sites is 1. The van der Waals surface area contributed by atoms with E-state index in [4.69, 9.17) is 10.5 Å². The van der Waals surface area contributed by atoms with Gasteiger partial charge >= 0.3 is 6.03 Å². The highest BCUT2D eigenvalue weighted by atomic mass is 16.5. The summed E-state index contributed by atoms with van der Waals surface area (Å²) in [6.07, 6.45) is 2.09. The molecule has 31 heavy (non-hydrogen) atoms. The summed E-state index contributed by atoms with van der Waals surface area (Å²) < 4.78 is 5.77. The molecule has 4 rings (SSSR count). The van der Waals surface area contributed by atoms with Crippen molar-refractivity contribution >= 4 is 23.2 Å². The van der Waals surface area contributed by atoms with Crippen molar-refractivity contribution in [1.29, 1.82) is 0 Å². The molecule has 0 aromatic heterocycles. The average Bonchev–Trinajstić information content (AvgIpc) is 3.26. The molecule has 6 nitrogen and oxygen atoms in total. The number of nitrogens with two attached hydrogens (primary N) is 1. The number of nitrogens with zero attached hydrogens (tertiary/aromatic N) is 1. The molecule has 3 aromatic rings. The number of benzene rings is 3. The van der Waals surface area contributed by atoms with Crippen LogP contribution in [-0.4, -0.2) is 29.9 Å². The Balaban J connectivity index is 1.37. The van der Waals surface area contributed by atoms with Crippen molar-refractivity contribution in [1.82, 2.24) is 4.90 Å². The maximum Gasteiger partial charge on any atom is 0.322 e. The zero-order valence-corrected chi connectivity index (χ0v) is 17.2. The van der Waals surface area contributed by atoms with E-state index in [-0.39, 0.29) is 6.03 Å². The predicted octanol–water partition coefficient (Wildman–Crippen LogP) is 4.82. The maximum atomic E-state index is 12.7. The monoisotopic (exact) mass is 413 g/mol. The molecule has 0 fully saturated rings. The zero-order chi connectivity index (χ0) is 21.8. The lowest BCUT2D eigenvalue weighted by molar-refractivity contribution is 0.0998. The number of carbonyl (C=O) groups is 2. The zero-order valence-electron chi connectivity index (χ0n) is 17.2. The van der Waals surface area contributed by atoms with Crippen LogP contribution in [0.3, 0.4) is 0 Å². The van der Waals surface area contributed by atoms with Gasteiger partial charge in [0.15, 0.2) is 0 Å². The molecule has 0 spiro atoms. The maximum absolute atomic E-state index is 12.7. The third-order valence-electron chi connectivity index (χ3n) is 5.18. The van der Waals surface area contributed by atoms with Crippen molar-refractivity contribution < 1.29 is 14.3 Å². The minimum atomic E-state index is -0.552. The van der Waals surface area contributed by atoms with E-state index >= 15 is 0 Å². The van der Waals surface area contributed by atoms with Crippen LogP contribution in [0.5, 0.6) is 11.5 Å². The molecule has 0 saturated heterocycles. The van der Waals surface area contributed by atoms with Gasteiger partial charge in [-0.25, -0.2) is 4.79 Å². The summed E-state index contributed by atoms with van der Waals surface area (Å²) in [5.74, 6) is 0.374. The second-order valence-corrected chi connectivity index (χ2v) is 7.34. The molecule has 0 aliphatic carbocycles. The largest absolute Gasteiger partial charge is 0.457 e. The summed E-state index contributed by atoms with van der Waals surface area (Å²) in [6.45, 7) is 3.22. The number of hydrogen-bond acceptors (Lipinski definition) is 3. The number of primary amides is 1. The Morgan fingerprint density at radius 1 is 0.968 bits per heavy atom. The molecular formula is C25H23N3O3. The van der Waals surface area contributed by atoms with Gasteiger partial charge in [-0.1, -0.05) is 42.5 Å². The van der Waals surface area contributed by atoms with Gasteiger partial charge in [0.05, 0.1) is 5.56 Å². The first-order valence-corrected chi connectivity index (χ1v) is 9.99. The Bertz CT molecular complexity index is 1150. The van der Waals surface area contributed by atoms with Gasteiger partial charge in [0, 0.05) is 18.8 Å². The lowest BCUT2D eigenvalue weighted by Gasteiger charge is -2.18. The molecule has 1 heterocycles. The SMILES string of the molecule is Cc1ccccc1C1=CCN(C(=O)Nc2ccc(Oc3ccccc3C(N)=O)cc2)C1. The first kappa shape index (κ1) is 20.2. The molecule has 3 N–H and O–H groups in total. The lowest BCUT2D eigenvalue weighted by atomic mass is 10.0. The fourth-order valence-corrected chi connectivity index (χ4v) is 3.53. The highest BCUT2D eigenvalue weighted by molar-refractivity contribution is 5.95. The summed E-state index contributed by atoms with van der Waals surface area (Å²) in [4.78, 5) is 26.0. The summed E-state index contributed by atoms with van der Waals surface area (Å²) >= 11 is 0. The third kappa shape index (κ3) is 4.59. The van der Waals surface area contributed by atoms with E-state index in [0.717, 1.165) is 5.57 Å². The second-order valence-electron chi connectivity index (χ2n) is 7.34. The van der Waals surface area contributed by atoms with E-state index in [9.17, 15) is 9.59 Å². The van der Waals surface area contributed by atoms with Gasteiger partial charge in [0.25, 0.3) is 5.91 Å². The van der Waals surface area contributed by atoms with Gasteiger partial charge in [-0.2, -0.15) is 0 Å². The normalized spacial score (nSPS) is 12.9. The van der Waals surface area contributed by atoms with Crippen LogP contribution in [0.1, 0.15) is 21.5 Å². The van der Waals surface area contributed by atoms with E-state index < -0.39 is 5.91 Å². The van der Waals surface area contributed by atoms with Crippen LogP contribution in [0.25, 0.3) is 5.57 Å². The van der Waals surface area contributed by atoms with Gasteiger partial charge in [-0.15, -0.1) is 0 Å². The number of aryl methyl sites for hydroxylation is 1. The minimum absolute atomic E-state index is 0.160. The van der Waals surface area contributed by atoms with Crippen LogP contribution < -0.4 is 15.8 Å². The summed E-state index contributed by atoms with van der Waals surface area (Å²) in [5.41, 5.74) is 9.89. The second kappa shape index (κ2) is 8.75. The molecule has 0 bridgehead atoms. The number of carbonyl (C=O) groups excluding carboxylic acids is 2. The van der Waals surface area contributed by atoms with Gasteiger partial charge in [-0.05, 0) is 60.0 Å². The average molecular weight is 413 g/mol. The standard InChI is InChI=1S/C25H23N3O3/c1-17-6-2-3-7-21(17)18-14-15-28(16-18)25(30)27-19-10-12-20(13-11-19)31-23-9-5-4-8-22(23)24(26)29/h2-14H,15-16H2,1H3,(H2,26,29)(H,27,30). The van der Waals surface area contributed by atoms with Crippen molar-refractivity contribution in [2.24, 2.45) is 5.73 Å². The molecule has 156 valence electrons. The molecular weight excluding hydrogens is 390 g/mol. The van der Waals surface area contributed by atoms with Crippen LogP contribution in [0, 0.1) is 6.92 Å². The van der Waals surface area contributed by atoms with Gasteiger partial charge in [0.1, 0.15) is 11.5 Å². The first-order chi connectivity index (χ1) is 15.0. The van der Waals surface area contributed by atoms with E-state index in [0.29, 0.717) is 35.8 Å². The molecule has 0 saturated carbocycles. The van der Waals surface area contributed by atoms with Gasteiger partial charge < -0.3 is 20.7 Å². The van der Waals surface area contributed by atoms with Crippen molar-refractivity contribution in [2.45, 2.75) is 6.92 Å². The quantitative estimate of drug-likeness (QED) is 0.629. The Kier molecular flexibility index (Phi) is 5.71. The van der Waals surface area contributed by atoms with Gasteiger partial charge in [-0.3, -0.25) is 4.79 Å². The fourth-order valence-electron chi connectivity index (χ4n) is 3.53. The molecule has 0 atom stereocenters. The van der Waals surface area contributed by atoms with Crippen LogP contribution in [0.4, 0.5) is 10.5 Å². The van der Waals surface area contributed by atoms with E-state index in [1.54, 1.807) is 53.4 Å². The number of hydrogen-bond donors (Lipinski definition) is 2. The summed E-state index contributed by atoms with van der Waals surface area (Å²) in [7, 11) is 0. The minimum Gasteiger partial charge on any atom is -0.457 e. The van der Waals surface area contributed by atoms with Crippen molar-refractivity contribution in [3.63, 3.8) is 0 Å².